The summed E-state index contributed by atoms with van der Waals surface area (Å²) in [6, 6.07) is 11.4. The van der Waals surface area contributed by atoms with Crippen molar-refractivity contribution in [3.63, 3.8) is 0 Å². The largest absolute Gasteiger partial charge is 0.488 e. The normalized spacial score (nSPS) is 14.5. The molecule has 2 aromatic rings. The SMILES string of the molecule is CN/C=C\C(N)=NC(=O)c1cc(Oc2ccc(C(=O)N3CCC3)cc2)cc(OC(C)CO)c1. The topological polar surface area (TPSA) is 126 Å². The van der Waals surface area contributed by atoms with E-state index in [2.05, 4.69) is 10.3 Å². The Hall–Kier alpha value is -3.85. The Balaban J connectivity index is 1.83. The van der Waals surface area contributed by atoms with Crippen LogP contribution in [0, 0.1) is 0 Å². The van der Waals surface area contributed by atoms with Gasteiger partial charge in [0.05, 0.1) is 6.61 Å². The fourth-order valence-corrected chi connectivity index (χ4v) is 2.98. The van der Waals surface area contributed by atoms with Gasteiger partial charge in [-0.2, -0.15) is 4.99 Å². The number of carbonyl (C=O) groups is 2. The number of rotatable bonds is 9. The van der Waals surface area contributed by atoms with Crippen LogP contribution in [-0.2, 0) is 0 Å². The molecule has 1 fully saturated rings. The maximum atomic E-state index is 12.6. The number of aliphatic imine (C=N–C) groups is 1. The molecule has 1 saturated heterocycles. The first kappa shape index (κ1) is 23.8. The van der Waals surface area contributed by atoms with E-state index in [-0.39, 0.29) is 23.9 Å². The molecule has 33 heavy (non-hydrogen) atoms. The molecule has 174 valence electrons. The number of nitrogens with one attached hydrogen (secondary N) is 1. The second kappa shape index (κ2) is 11.1. The molecule has 0 aliphatic carbocycles. The van der Waals surface area contributed by atoms with E-state index in [0.29, 0.717) is 22.8 Å². The predicted molar refractivity (Wildman–Crippen MR) is 125 cm³/mol. The number of nitrogens with two attached hydrogens (primary N) is 1. The van der Waals surface area contributed by atoms with Crippen LogP contribution in [0.1, 0.15) is 34.1 Å². The van der Waals surface area contributed by atoms with Gasteiger partial charge in [0, 0.05) is 37.3 Å². The lowest BCUT2D eigenvalue weighted by molar-refractivity contribution is 0.0651. The zero-order valence-corrected chi connectivity index (χ0v) is 18.7. The van der Waals surface area contributed by atoms with E-state index in [1.54, 1.807) is 55.4 Å². The maximum absolute atomic E-state index is 12.6. The molecule has 1 heterocycles. The highest BCUT2D eigenvalue weighted by Crippen LogP contribution is 2.29. The van der Waals surface area contributed by atoms with Gasteiger partial charge >= 0.3 is 0 Å². The van der Waals surface area contributed by atoms with Crippen molar-refractivity contribution in [3.8, 4) is 17.2 Å². The van der Waals surface area contributed by atoms with Crippen LogP contribution >= 0.6 is 0 Å². The van der Waals surface area contributed by atoms with E-state index in [1.165, 1.54) is 18.2 Å². The molecule has 1 unspecified atom stereocenters. The number of hydrogen-bond acceptors (Lipinski definition) is 6. The minimum atomic E-state index is -0.573. The number of carbonyl (C=O) groups excluding carboxylic acids is 2. The standard InChI is InChI=1S/C24H28N4O5/c1-16(15-29)32-20-12-18(23(30)27-22(25)8-9-26-2)13-21(14-20)33-19-6-4-17(5-7-19)24(31)28-10-3-11-28/h4-9,12-14,16,26,29H,3,10-11,15H2,1-2H3,(H2,25,27,30)/b9-8-. The average molecular weight is 453 g/mol. The highest BCUT2D eigenvalue weighted by atomic mass is 16.5. The summed E-state index contributed by atoms with van der Waals surface area (Å²) in [6.45, 7) is 3.07. The third-order valence-electron chi connectivity index (χ3n) is 4.85. The van der Waals surface area contributed by atoms with Gasteiger partial charge in [-0.1, -0.05) is 0 Å². The number of nitrogens with zero attached hydrogens (tertiary/aromatic N) is 2. The van der Waals surface area contributed by atoms with Gasteiger partial charge in [0.15, 0.2) is 0 Å². The minimum absolute atomic E-state index is 0.00292. The summed E-state index contributed by atoms with van der Waals surface area (Å²) in [5, 5.41) is 12.1. The zero-order valence-electron chi connectivity index (χ0n) is 18.7. The second-order valence-corrected chi connectivity index (χ2v) is 7.54. The maximum Gasteiger partial charge on any atom is 0.279 e. The molecule has 0 spiro atoms. The van der Waals surface area contributed by atoms with Crippen molar-refractivity contribution < 1.29 is 24.2 Å². The molecule has 0 aromatic heterocycles. The van der Waals surface area contributed by atoms with Crippen molar-refractivity contribution in [1.29, 1.82) is 0 Å². The van der Waals surface area contributed by atoms with Gasteiger partial charge in [0.2, 0.25) is 0 Å². The van der Waals surface area contributed by atoms with E-state index in [4.69, 9.17) is 15.2 Å². The third-order valence-corrected chi connectivity index (χ3v) is 4.85. The lowest BCUT2D eigenvalue weighted by atomic mass is 10.1. The molecule has 0 bridgehead atoms. The van der Waals surface area contributed by atoms with Gasteiger partial charge in [0.1, 0.15) is 29.2 Å². The van der Waals surface area contributed by atoms with Gasteiger partial charge in [0.25, 0.3) is 11.8 Å². The minimum Gasteiger partial charge on any atom is -0.488 e. The average Bonchev–Trinajstić information content (AvgIpc) is 2.76. The van der Waals surface area contributed by atoms with Crippen LogP contribution in [-0.4, -0.2) is 60.5 Å². The highest BCUT2D eigenvalue weighted by Gasteiger charge is 2.21. The number of aliphatic hydroxyl groups excluding tert-OH is 1. The molecule has 0 saturated carbocycles. The Labute approximate surface area is 192 Å². The van der Waals surface area contributed by atoms with Crippen molar-refractivity contribution >= 4 is 17.6 Å². The first-order valence-electron chi connectivity index (χ1n) is 10.6. The molecule has 1 atom stereocenters. The lowest BCUT2D eigenvalue weighted by Gasteiger charge is -2.30. The number of amidine groups is 1. The van der Waals surface area contributed by atoms with Gasteiger partial charge < -0.3 is 30.5 Å². The predicted octanol–water partition coefficient (Wildman–Crippen LogP) is 2.31. The van der Waals surface area contributed by atoms with Crippen LogP contribution in [0.2, 0.25) is 0 Å². The quantitative estimate of drug-likeness (QED) is 0.394. The number of ether oxygens (including phenoxy) is 2. The first-order valence-corrected chi connectivity index (χ1v) is 10.6. The molecular weight excluding hydrogens is 424 g/mol. The number of benzene rings is 2. The van der Waals surface area contributed by atoms with Crippen LogP contribution in [0.4, 0.5) is 0 Å². The number of likely N-dealkylation sites (tertiary alicyclic amines) is 1. The van der Waals surface area contributed by atoms with Crippen LogP contribution < -0.4 is 20.5 Å². The Bertz CT molecular complexity index is 1050. The summed E-state index contributed by atoms with van der Waals surface area (Å²) in [5.74, 6) is 0.617. The summed E-state index contributed by atoms with van der Waals surface area (Å²) in [5.41, 5.74) is 6.55. The smallest absolute Gasteiger partial charge is 0.279 e. The Morgan fingerprint density at radius 1 is 1.15 bits per heavy atom. The molecule has 9 heteroatoms. The summed E-state index contributed by atoms with van der Waals surface area (Å²) >= 11 is 0. The molecule has 2 amide bonds. The number of hydrogen-bond donors (Lipinski definition) is 3. The van der Waals surface area contributed by atoms with Crippen molar-refractivity contribution in [2.24, 2.45) is 10.7 Å². The Kier molecular flexibility index (Phi) is 8.04. The van der Waals surface area contributed by atoms with Gasteiger partial charge in [-0.05, 0) is 62.0 Å². The van der Waals surface area contributed by atoms with E-state index in [1.807, 2.05) is 0 Å². The molecule has 1 aliphatic heterocycles. The molecule has 2 aromatic carbocycles. The van der Waals surface area contributed by atoms with Gasteiger partial charge in [-0.15, -0.1) is 0 Å². The molecule has 4 N–H and O–H groups in total. The monoisotopic (exact) mass is 452 g/mol. The van der Waals surface area contributed by atoms with E-state index < -0.39 is 12.0 Å². The summed E-state index contributed by atoms with van der Waals surface area (Å²) < 4.78 is 11.6. The zero-order chi connectivity index (χ0) is 23.8. The first-order chi connectivity index (χ1) is 15.9. The second-order valence-electron chi connectivity index (χ2n) is 7.54. The summed E-state index contributed by atoms with van der Waals surface area (Å²) in [6.07, 6.45) is 3.57. The lowest BCUT2D eigenvalue weighted by Crippen LogP contribution is -2.41. The molecule has 3 rings (SSSR count). The van der Waals surface area contributed by atoms with Crippen LogP contribution in [0.25, 0.3) is 0 Å². The van der Waals surface area contributed by atoms with E-state index in [0.717, 1.165) is 19.5 Å². The molecular formula is C24H28N4O5. The van der Waals surface area contributed by atoms with E-state index in [9.17, 15) is 14.7 Å². The van der Waals surface area contributed by atoms with E-state index >= 15 is 0 Å². The number of aliphatic hydroxyl groups is 1. The molecule has 0 radical (unpaired) electrons. The molecule has 9 nitrogen and oxygen atoms in total. The summed E-state index contributed by atoms with van der Waals surface area (Å²) in [7, 11) is 1.70. The fraction of sp³-hybridized carbons (Fsp3) is 0.292. The third kappa shape index (κ3) is 6.56. The van der Waals surface area contributed by atoms with Crippen LogP contribution in [0.15, 0.2) is 59.7 Å². The van der Waals surface area contributed by atoms with Crippen LogP contribution in [0.3, 0.4) is 0 Å². The van der Waals surface area contributed by atoms with Crippen molar-refractivity contribution in [2.75, 3.05) is 26.7 Å². The van der Waals surface area contributed by atoms with Gasteiger partial charge in [-0.3, -0.25) is 9.59 Å². The Morgan fingerprint density at radius 2 is 1.85 bits per heavy atom. The highest BCUT2D eigenvalue weighted by molar-refractivity contribution is 6.06. The van der Waals surface area contributed by atoms with Crippen molar-refractivity contribution in [3.05, 3.63) is 65.9 Å². The van der Waals surface area contributed by atoms with Gasteiger partial charge in [-0.25, -0.2) is 0 Å². The Morgan fingerprint density at radius 3 is 2.45 bits per heavy atom. The van der Waals surface area contributed by atoms with Crippen molar-refractivity contribution in [2.45, 2.75) is 19.4 Å². The van der Waals surface area contributed by atoms with Crippen LogP contribution in [0.5, 0.6) is 17.2 Å². The van der Waals surface area contributed by atoms with Crippen molar-refractivity contribution in [1.82, 2.24) is 10.2 Å². The summed E-state index contributed by atoms with van der Waals surface area (Å²) in [4.78, 5) is 30.6. The fourth-order valence-electron chi connectivity index (χ4n) is 2.98. The number of amides is 2. The molecule has 1 aliphatic rings.